The lowest BCUT2D eigenvalue weighted by Gasteiger charge is -2.53. The van der Waals surface area contributed by atoms with Crippen molar-refractivity contribution in [3.63, 3.8) is 0 Å². The normalized spacial score (nSPS) is 31.6. The molecular formula is C23H32N2O3S2. The second-order valence-electron chi connectivity index (χ2n) is 9.25. The van der Waals surface area contributed by atoms with Crippen molar-refractivity contribution >= 4 is 28.6 Å². The van der Waals surface area contributed by atoms with E-state index in [2.05, 4.69) is 36.0 Å². The van der Waals surface area contributed by atoms with Gasteiger partial charge in [-0.2, -0.15) is 11.3 Å². The number of methoxy groups -OCH3 is 1. The molecule has 2 aliphatic rings. The summed E-state index contributed by atoms with van der Waals surface area (Å²) >= 11 is 3.51. The largest absolute Gasteiger partial charge is 0.392 e. The van der Waals surface area contributed by atoms with Crippen molar-refractivity contribution in [1.29, 1.82) is 0 Å². The quantitative estimate of drug-likeness (QED) is 0.646. The predicted molar refractivity (Wildman–Crippen MR) is 122 cm³/mol. The highest BCUT2D eigenvalue weighted by Gasteiger charge is 2.53. The summed E-state index contributed by atoms with van der Waals surface area (Å²) in [5.74, 6) is 0.0769. The van der Waals surface area contributed by atoms with Crippen LogP contribution in [0.4, 0.5) is 0 Å². The van der Waals surface area contributed by atoms with Gasteiger partial charge in [0.25, 0.3) is 0 Å². The van der Waals surface area contributed by atoms with Crippen molar-refractivity contribution in [2.24, 2.45) is 23.2 Å². The third kappa shape index (κ3) is 3.85. The number of fused-ring (bicyclic) bond motifs is 2. The molecule has 0 saturated heterocycles. The number of thiazole rings is 1. The molecule has 0 radical (unpaired) electrons. The average molecular weight is 449 g/mol. The predicted octanol–water partition coefficient (Wildman–Crippen LogP) is 4.32. The van der Waals surface area contributed by atoms with E-state index in [0.29, 0.717) is 13.2 Å². The average Bonchev–Trinajstić information content (AvgIpc) is 3.37. The first-order valence-electron chi connectivity index (χ1n) is 10.8. The van der Waals surface area contributed by atoms with Gasteiger partial charge in [-0.25, -0.2) is 4.98 Å². The third-order valence-corrected chi connectivity index (χ3v) is 9.15. The fraction of sp³-hybridized carbons (Fsp3) is 0.652. The molecule has 7 heteroatoms. The third-order valence-electron chi connectivity index (χ3n) is 7.35. The Kier molecular flexibility index (Phi) is 6.35. The number of rotatable bonds is 6. The Labute approximate surface area is 186 Å². The maximum atomic E-state index is 12.6. The summed E-state index contributed by atoms with van der Waals surface area (Å²) < 4.78 is 5.03. The number of hydrogen-bond donors (Lipinski definition) is 2. The molecule has 1 amide bonds. The SMILES string of the molecule is COCCNC(=O)[C@@H](C)[C@@H]1CC[C@@]2(C)Cc3sc(-c4ccsc4)nc3[C@@H](C)[C@@H]2[C@H]1O. The lowest BCUT2D eigenvalue weighted by atomic mass is 9.53. The number of carbonyl (C=O) groups is 1. The summed E-state index contributed by atoms with van der Waals surface area (Å²) in [6, 6.07) is 2.13. The zero-order valence-corrected chi connectivity index (χ0v) is 19.8. The van der Waals surface area contributed by atoms with E-state index < -0.39 is 6.10 Å². The molecule has 0 bridgehead atoms. The molecule has 30 heavy (non-hydrogen) atoms. The van der Waals surface area contributed by atoms with Gasteiger partial charge in [0.05, 0.1) is 18.4 Å². The van der Waals surface area contributed by atoms with Gasteiger partial charge in [0.15, 0.2) is 0 Å². The number of nitrogens with zero attached hydrogens (tertiary/aromatic N) is 1. The summed E-state index contributed by atoms with van der Waals surface area (Å²) in [6.07, 6.45) is 2.38. The van der Waals surface area contributed by atoms with Crippen molar-refractivity contribution in [2.45, 2.75) is 52.1 Å². The molecule has 1 saturated carbocycles. The van der Waals surface area contributed by atoms with Crippen molar-refractivity contribution in [1.82, 2.24) is 10.3 Å². The highest BCUT2D eigenvalue weighted by atomic mass is 32.1. The number of aromatic nitrogens is 1. The molecule has 2 aliphatic carbocycles. The molecule has 0 spiro atoms. The van der Waals surface area contributed by atoms with Gasteiger partial charge < -0.3 is 15.2 Å². The van der Waals surface area contributed by atoms with Crippen LogP contribution in [0.2, 0.25) is 0 Å². The molecule has 2 aromatic heterocycles. The summed E-state index contributed by atoms with van der Waals surface area (Å²) in [7, 11) is 1.63. The van der Waals surface area contributed by atoms with E-state index in [4.69, 9.17) is 9.72 Å². The lowest BCUT2D eigenvalue weighted by Crippen LogP contribution is -2.53. The molecule has 2 heterocycles. The Morgan fingerprint density at radius 3 is 3.00 bits per heavy atom. The molecule has 164 valence electrons. The molecule has 0 aromatic carbocycles. The summed E-state index contributed by atoms with van der Waals surface area (Å²) in [6.45, 7) is 7.50. The molecular weight excluding hydrogens is 416 g/mol. The van der Waals surface area contributed by atoms with E-state index in [1.54, 1.807) is 18.4 Å². The van der Waals surface area contributed by atoms with Crippen LogP contribution in [-0.4, -0.2) is 42.4 Å². The second-order valence-corrected chi connectivity index (χ2v) is 11.1. The minimum atomic E-state index is -0.499. The first kappa shape index (κ1) is 21.9. The maximum absolute atomic E-state index is 12.6. The second kappa shape index (κ2) is 8.69. The van der Waals surface area contributed by atoms with E-state index in [1.165, 1.54) is 10.4 Å². The van der Waals surface area contributed by atoms with E-state index >= 15 is 0 Å². The Balaban J connectivity index is 1.56. The number of ether oxygens (including phenoxy) is 1. The minimum absolute atomic E-state index is 0.0113. The molecule has 5 nitrogen and oxygen atoms in total. The first-order valence-corrected chi connectivity index (χ1v) is 12.6. The van der Waals surface area contributed by atoms with Gasteiger partial charge in [0.2, 0.25) is 5.91 Å². The smallest absolute Gasteiger partial charge is 0.223 e. The summed E-state index contributed by atoms with van der Waals surface area (Å²) in [4.78, 5) is 19.0. The number of amides is 1. The highest BCUT2D eigenvalue weighted by molar-refractivity contribution is 7.15. The van der Waals surface area contributed by atoms with Crippen molar-refractivity contribution in [3.05, 3.63) is 27.4 Å². The Hall–Kier alpha value is -1.28. The topological polar surface area (TPSA) is 71.5 Å². The minimum Gasteiger partial charge on any atom is -0.392 e. The van der Waals surface area contributed by atoms with Gasteiger partial charge in [-0.05, 0) is 48.0 Å². The summed E-state index contributed by atoms with van der Waals surface area (Å²) in [5.41, 5.74) is 2.40. The fourth-order valence-corrected chi connectivity index (χ4v) is 7.76. The maximum Gasteiger partial charge on any atom is 0.223 e. The summed E-state index contributed by atoms with van der Waals surface area (Å²) in [5, 5.41) is 19.8. The molecule has 6 atom stereocenters. The van der Waals surface area contributed by atoms with Crippen molar-refractivity contribution < 1.29 is 14.6 Å². The number of aliphatic hydroxyl groups is 1. The first-order chi connectivity index (χ1) is 14.4. The zero-order valence-electron chi connectivity index (χ0n) is 18.2. The van der Waals surface area contributed by atoms with Crippen LogP contribution in [0.3, 0.4) is 0 Å². The highest BCUT2D eigenvalue weighted by Crippen LogP contribution is 2.57. The lowest BCUT2D eigenvalue weighted by molar-refractivity contribution is -0.135. The van der Waals surface area contributed by atoms with E-state index in [9.17, 15) is 9.90 Å². The van der Waals surface area contributed by atoms with Gasteiger partial charge in [-0.3, -0.25) is 4.79 Å². The molecule has 0 unspecified atom stereocenters. The van der Waals surface area contributed by atoms with Crippen LogP contribution in [0.5, 0.6) is 0 Å². The Bertz CT molecular complexity index is 881. The molecule has 2 aromatic rings. The van der Waals surface area contributed by atoms with Crippen LogP contribution in [0.25, 0.3) is 10.6 Å². The number of nitrogens with one attached hydrogen (secondary N) is 1. The van der Waals surface area contributed by atoms with Gasteiger partial charge in [-0.15, -0.1) is 11.3 Å². The van der Waals surface area contributed by atoms with E-state index in [-0.39, 0.29) is 35.0 Å². The van der Waals surface area contributed by atoms with Gasteiger partial charge >= 0.3 is 0 Å². The Morgan fingerprint density at radius 1 is 1.50 bits per heavy atom. The monoisotopic (exact) mass is 448 g/mol. The van der Waals surface area contributed by atoms with E-state index in [0.717, 1.165) is 30.0 Å². The number of carbonyl (C=O) groups excluding carboxylic acids is 1. The van der Waals surface area contributed by atoms with Crippen LogP contribution in [0.15, 0.2) is 16.8 Å². The van der Waals surface area contributed by atoms with Crippen LogP contribution < -0.4 is 5.32 Å². The van der Waals surface area contributed by atoms with Gasteiger partial charge in [-0.1, -0.05) is 20.8 Å². The van der Waals surface area contributed by atoms with Crippen LogP contribution in [0, 0.1) is 23.2 Å². The van der Waals surface area contributed by atoms with Crippen molar-refractivity contribution in [2.75, 3.05) is 20.3 Å². The van der Waals surface area contributed by atoms with Crippen LogP contribution >= 0.6 is 22.7 Å². The fourth-order valence-electron chi connectivity index (χ4n) is 5.69. The van der Waals surface area contributed by atoms with Gasteiger partial charge in [0, 0.05) is 41.3 Å². The standard InChI is InChI=1S/C23H32N2O3S2/c1-13(21(27)24-8-9-28-4)16-5-7-23(3)11-17-19(14(2)18(23)20(16)26)25-22(30-17)15-6-10-29-12-15/h6,10,12-14,16,18,20,26H,5,7-9,11H2,1-4H3,(H,24,27)/t13-,14-,16-,18+,20-,23-/m0/s1. The van der Waals surface area contributed by atoms with Crippen LogP contribution in [0.1, 0.15) is 50.1 Å². The number of hydrogen-bond acceptors (Lipinski definition) is 6. The molecule has 1 fully saturated rings. The molecule has 0 aliphatic heterocycles. The molecule has 4 rings (SSSR count). The van der Waals surface area contributed by atoms with Crippen LogP contribution in [-0.2, 0) is 16.0 Å². The number of thiophene rings is 1. The van der Waals surface area contributed by atoms with Gasteiger partial charge in [0.1, 0.15) is 5.01 Å². The Morgan fingerprint density at radius 2 is 2.30 bits per heavy atom. The zero-order chi connectivity index (χ0) is 21.5. The van der Waals surface area contributed by atoms with E-state index in [1.807, 2.05) is 18.3 Å². The number of aliphatic hydroxyl groups excluding tert-OH is 1. The molecule has 2 N–H and O–H groups in total. The van der Waals surface area contributed by atoms with Crippen molar-refractivity contribution in [3.8, 4) is 10.6 Å².